The highest BCUT2D eigenvalue weighted by molar-refractivity contribution is 5.51. The molecule has 0 spiro atoms. The lowest BCUT2D eigenvalue weighted by Crippen LogP contribution is -2.17. The molecule has 2 aromatic rings. The fourth-order valence-corrected chi connectivity index (χ4v) is 1.87. The van der Waals surface area contributed by atoms with Gasteiger partial charge in [0.1, 0.15) is 11.5 Å². The lowest BCUT2D eigenvalue weighted by Gasteiger charge is -2.09. The first-order chi connectivity index (χ1) is 11.1. The predicted molar refractivity (Wildman–Crippen MR) is 94.1 cm³/mol. The molecule has 0 radical (unpaired) electrons. The monoisotopic (exact) mass is 312 g/mol. The Morgan fingerprint density at radius 1 is 1.00 bits per heavy atom. The molecule has 0 aliphatic carbocycles. The maximum Gasteiger partial charge on any atom is 0.213 e. The van der Waals surface area contributed by atoms with E-state index in [0.717, 1.165) is 11.3 Å². The molecule has 23 heavy (non-hydrogen) atoms. The fraction of sp³-hybridized carbons (Fsp3) is 0.316. The third-order valence-electron chi connectivity index (χ3n) is 3.21. The van der Waals surface area contributed by atoms with Crippen LogP contribution in [0.5, 0.6) is 17.4 Å². The summed E-state index contributed by atoms with van der Waals surface area (Å²) >= 11 is 0. The van der Waals surface area contributed by atoms with Gasteiger partial charge in [0.05, 0.1) is 12.3 Å². The van der Waals surface area contributed by atoms with E-state index in [1.807, 2.05) is 57.3 Å². The van der Waals surface area contributed by atoms with Gasteiger partial charge in [-0.3, -0.25) is 0 Å². The molecule has 0 bridgehead atoms. The van der Waals surface area contributed by atoms with E-state index in [0.29, 0.717) is 17.7 Å². The van der Waals surface area contributed by atoms with Gasteiger partial charge < -0.3 is 14.8 Å². The first-order valence-corrected chi connectivity index (χ1v) is 7.83. The van der Waals surface area contributed by atoms with Crippen molar-refractivity contribution in [1.29, 1.82) is 0 Å². The van der Waals surface area contributed by atoms with Crippen LogP contribution in [-0.2, 0) is 0 Å². The molecule has 1 aromatic carbocycles. The number of benzene rings is 1. The molecule has 4 heteroatoms. The molecule has 0 aliphatic rings. The summed E-state index contributed by atoms with van der Waals surface area (Å²) in [7, 11) is 1.94. The zero-order valence-corrected chi connectivity index (χ0v) is 14.1. The Labute approximate surface area is 138 Å². The van der Waals surface area contributed by atoms with Crippen molar-refractivity contribution in [2.24, 2.45) is 0 Å². The van der Waals surface area contributed by atoms with E-state index in [9.17, 15) is 0 Å². The minimum Gasteiger partial charge on any atom is -0.475 e. The number of nitrogens with one attached hydrogen (secondary N) is 1. The van der Waals surface area contributed by atoms with E-state index < -0.39 is 0 Å². The molecule has 0 aliphatic heterocycles. The molecule has 1 heterocycles. The number of rotatable bonds is 7. The van der Waals surface area contributed by atoms with Gasteiger partial charge in [-0.15, -0.1) is 0 Å². The van der Waals surface area contributed by atoms with Crippen LogP contribution in [0.15, 0.2) is 48.7 Å². The number of ether oxygens (including phenoxy) is 2. The third-order valence-corrected chi connectivity index (χ3v) is 3.21. The molecule has 122 valence electrons. The Balaban J connectivity index is 1.96. The Morgan fingerprint density at radius 2 is 1.70 bits per heavy atom. The van der Waals surface area contributed by atoms with Crippen LogP contribution in [-0.4, -0.2) is 24.2 Å². The molecule has 1 aromatic heterocycles. The Morgan fingerprint density at radius 3 is 2.26 bits per heavy atom. The zero-order chi connectivity index (χ0) is 16.7. The quantitative estimate of drug-likeness (QED) is 0.828. The van der Waals surface area contributed by atoms with E-state index in [1.54, 1.807) is 6.20 Å². The normalized spacial score (nSPS) is 12.6. The lowest BCUT2D eigenvalue weighted by atomic mass is 10.2. The van der Waals surface area contributed by atoms with E-state index in [2.05, 4.69) is 29.4 Å². The Kier molecular flexibility index (Phi) is 6.18. The number of likely N-dealkylation sites (N-methyl/N-ethyl adjacent to an activating group) is 1. The topological polar surface area (TPSA) is 43.4 Å². The molecule has 2 rings (SSSR count). The van der Waals surface area contributed by atoms with Crippen LogP contribution in [0.3, 0.4) is 0 Å². The smallest absolute Gasteiger partial charge is 0.213 e. The van der Waals surface area contributed by atoms with Crippen LogP contribution in [0.4, 0.5) is 0 Å². The molecule has 0 amide bonds. The Bertz CT molecular complexity index is 619. The van der Waals surface area contributed by atoms with Crippen LogP contribution in [0, 0.1) is 0 Å². The summed E-state index contributed by atoms with van der Waals surface area (Å²) in [6.07, 6.45) is 5.98. The maximum atomic E-state index is 5.79. The summed E-state index contributed by atoms with van der Waals surface area (Å²) < 4.78 is 11.3. The second-order valence-electron chi connectivity index (χ2n) is 5.61. The summed E-state index contributed by atoms with van der Waals surface area (Å²) in [6, 6.07) is 12.0. The van der Waals surface area contributed by atoms with Gasteiger partial charge in [-0.05, 0) is 51.6 Å². The standard InChI is InChI=1S/C19H24N2O2/c1-14(2)22-19-12-11-18(13-21-19)23-17-9-7-16(8-10-17)6-5-15(3)20-4/h5-15,20H,1-4H3/b6-5+. The molecular formula is C19H24N2O2. The van der Waals surface area contributed by atoms with Crippen LogP contribution < -0.4 is 14.8 Å². The van der Waals surface area contributed by atoms with Gasteiger partial charge in [-0.2, -0.15) is 0 Å². The van der Waals surface area contributed by atoms with Crippen LogP contribution in [0.2, 0.25) is 0 Å². The van der Waals surface area contributed by atoms with E-state index in [1.165, 1.54) is 0 Å². The maximum absolute atomic E-state index is 5.79. The van der Waals surface area contributed by atoms with Gasteiger partial charge in [-0.1, -0.05) is 24.3 Å². The molecule has 0 fully saturated rings. The fourth-order valence-electron chi connectivity index (χ4n) is 1.87. The first-order valence-electron chi connectivity index (χ1n) is 7.83. The average molecular weight is 312 g/mol. The van der Waals surface area contributed by atoms with Crippen molar-refractivity contribution in [3.8, 4) is 17.4 Å². The highest BCUT2D eigenvalue weighted by atomic mass is 16.5. The van der Waals surface area contributed by atoms with Crippen molar-refractivity contribution in [3.05, 3.63) is 54.2 Å². The van der Waals surface area contributed by atoms with Gasteiger partial charge in [0.15, 0.2) is 0 Å². The largest absolute Gasteiger partial charge is 0.475 e. The summed E-state index contributed by atoms with van der Waals surface area (Å²) in [5, 5.41) is 3.17. The van der Waals surface area contributed by atoms with Crippen molar-refractivity contribution in [1.82, 2.24) is 10.3 Å². The van der Waals surface area contributed by atoms with Crippen LogP contribution in [0.1, 0.15) is 26.3 Å². The molecule has 4 nitrogen and oxygen atoms in total. The van der Waals surface area contributed by atoms with E-state index in [-0.39, 0.29) is 6.10 Å². The zero-order valence-electron chi connectivity index (χ0n) is 14.1. The summed E-state index contributed by atoms with van der Waals surface area (Å²) in [4.78, 5) is 4.23. The van der Waals surface area contributed by atoms with Gasteiger partial charge >= 0.3 is 0 Å². The van der Waals surface area contributed by atoms with Crippen molar-refractivity contribution in [2.75, 3.05) is 7.05 Å². The molecule has 1 atom stereocenters. The van der Waals surface area contributed by atoms with Crippen molar-refractivity contribution >= 4 is 6.08 Å². The average Bonchev–Trinajstić information content (AvgIpc) is 2.55. The number of hydrogen-bond acceptors (Lipinski definition) is 4. The minimum atomic E-state index is 0.112. The Hall–Kier alpha value is -2.33. The second-order valence-corrected chi connectivity index (χ2v) is 5.61. The first kappa shape index (κ1) is 17.0. The molecule has 1 unspecified atom stereocenters. The summed E-state index contributed by atoms with van der Waals surface area (Å²) in [5.74, 6) is 2.07. The number of nitrogens with zero attached hydrogens (tertiary/aromatic N) is 1. The van der Waals surface area contributed by atoms with Gasteiger partial charge in [0.25, 0.3) is 0 Å². The van der Waals surface area contributed by atoms with E-state index in [4.69, 9.17) is 9.47 Å². The van der Waals surface area contributed by atoms with Gasteiger partial charge in [0.2, 0.25) is 5.88 Å². The highest BCUT2D eigenvalue weighted by Gasteiger charge is 2.01. The number of pyridine rings is 1. The van der Waals surface area contributed by atoms with E-state index >= 15 is 0 Å². The molecule has 1 N–H and O–H groups in total. The summed E-state index contributed by atoms with van der Waals surface area (Å²) in [5.41, 5.74) is 1.14. The van der Waals surface area contributed by atoms with Crippen molar-refractivity contribution in [3.63, 3.8) is 0 Å². The van der Waals surface area contributed by atoms with Crippen LogP contribution in [0.25, 0.3) is 6.08 Å². The number of aromatic nitrogens is 1. The molecule has 0 saturated carbocycles. The van der Waals surface area contributed by atoms with Crippen molar-refractivity contribution < 1.29 is 9.47 Å². The van der Waals surface area contributed by atoms with Crippen LogP contribution >= 0.6 is 0 Å². The van der Waals surface area contributed by atoms with Gasteiger partial charge in [-0.25, -0.2) is 4.98 Å². The molecular weight excluding hydrogens is 288 g/mol. The van der Waals surface area contributed by atoms with Gasteiger partial charge in [0, 0.05) is 12.1 Å². The predicted octanol–water partition coefficient (Wildman–Crippen LogP) is 4.28. The summed E-state index contributed by atoms with van der Waals surface area (Å²) in [6.45, 7) is 6.05. The SMILES string of the molecule is CNC(C)/C=C/c1ccc(Oc2ccc(OC(C)C)nc2)cc1. The lowest BCUT2D eigenvalue weighted by molar-refractivity contribution is 0.232. The minimum absolute atomic E-state index is 0.112. The van der Waals surface area contributed by atoms with Crippen molar-refractivity contribution in [2.45, 2.75) is 32.9 Å². The third kappa shape index (κ3) is 5.75. The number of hydrogen-bond donors (Lipinski definition) is 1. The highest BCUT2D eigenvalue weighted by Crippen LogP contribution is 2.23. The molecule has 0 saturated heterocycles. The second kappa shape index (κ2) is 8.34.